The van der Waals surface area contributed by atoms with E-state index in [9.17, 15) is 12.3 Å². The van der Waals surface area contributed by atoms with Gasteiger partial charge in [0, 0.05) is 0 Å². The first-order chi connectivity index (χ1) is 2.94. The maximum Gasteiger partial charge on any atom is 0.602 e. The van der Waals surface area contributed by atoms with Crippen LogP contribution in [0.1, 0.15) is 0 Å². The second kappa shape index (κ2) is 2.47. The van der Waals surface area contributed by atoms with Crippen molar-refractivity contribution in [3.05, 3.63) is 0 Å². The fraction of sp³-hybridized carbons (Fsp3) is 0. The van der Waals surface area contributed by atoms with Gasteiger partial charge in [-0.25, -0.2) is 12.3 Å². The molecule has 0 fully saturated rings. The van der Waals surface area contributed by atoms with Gasteiger partial charge in [-0.05, 0) is 0 Å². The first-order valence-electron chi connectivity index (χ1n) is 1.37. The van der Waals surface area contributed by atoms with Crippen LogP contribution in [0, 0.1) is 0 Å². The highest BCUT2D eigenvalue weighted by Gasteiger charge is 2.44. The number of rotatable bonds is 1. The number of halogens is 3. The molecule has 0 aromatic rings. The van der Waals surface area contributed by atoms with Crippen LogP contribution in [0.15, 0.2) is 0 Å². The summed E-state index contributed by atoms with van der Waals surface area (Å²) in [4.78, 5) is 0. The van der Waals surface area contributed by atoms with Gasteiger partial charge in [-0.1, -0.05) is 0 Å². The van der Waals surface area contributed by atoms with Gasteiger partial charge in [0.15, 0.2) is 0 Å². The lowest BCUT2D eigenvalue weighted by Gasteiger charge is -1.99. The molecule has 7 heteroatoms. The summed E-state index contributed by atoms with van der Waals surface area (Å²) in [5.74, 6) is 0. The van der Waals surface area contributed by atoms with Crippen molar-refractivity contribution in [2.24, 2.45) is 0 Å². The van der Waals surface area contributed by atoms with Crippen molar-refractivity contribution >= 4 is 39.4 Å². The summed E-state index contributed by atoms with van der Waals surface area (Å²) in [6.07, 6.45) is 0. The third-order valence-electron chi connectivity index (χ3n) is 0.293. The van der Waals surface area contributed by atoms with Crippen LogP contribution < -0.4 is 0 Å². The Hall–Kier alpha value is 0.924. The fourth-order valence-electron chi connectivity index (χ4n) is 0. The van der Waals surface area contributed by atoms with Crippen LogP contribution in [-0.4, -0.2) is 15.2 Å². The van der Waals surface area contributed by atoms with Crippen molar-refractivity contribution in [2.45, 2.75) is 0 Å². The molecule has 0 atom stereocenters. The molecule has 0 saturated heterocycles. The molecule has 0 aromatic heterocycles. The molecule has 0 spiro atoms. The van der Waals surface area contributed by atoms with E-state index in [4.69, 9.17) is 0 Å². The highest BCUT2D eigenvalue weighted by atomic mass is 32.5. The van der Waals surface area contributed by atoms with E-state index in [-0.39, 0.29) is 0 Å². The largest absolute Gasteiger partial charge is 0.602 e. The van der Waals surface area contributed by atoms with Crippen LogP contribution in [0.3, 0.4) is 0 Å². The number of thiol groups is 2. The predicted molar refractivity (Wildman–Crippen MR) is 34.2 cm³/mol. The Morgan fingerprint density at radius 1 is 1.14 bits per heavy atom. The Balaban J connectivity index is 3.54. The smallest absolute Gasteiger partial charge is 0.240 e. The van der Waals surface area contributed by atoms with Gasteiger partial charge in [-0.3, -0.25) is 0 Å². The molecule has 7 heavy (non-hydrogen) atoms. The Kier molecular flexibility index (Phi) is 2.79. The molecule has 0 N–H and O–H groups in total. The van der Waals surface area contributed by atoms with E-state index >= 15 is 0 Å². The maximum absolute atomic E-state index is 11.2. The number of hydrogen-bond donors (Lipinski definition) is 2. The molecule has 0 nitrogen and oxygen atoms in total. The normalized spacial score (nSPS) is 12.9. The standard InChI is InChI=1S/F3H3S2Si2/c1-7(2,3)6(4)5/h4-6H. The van der Waals surface area contributed by atoms with Crippen molar-refractivity contribution in [3.8, 4) is 0 Å². The summed E-state index contributed by atoms with van der Waals surface area (Å²) in [6.45, 7) is -2.83. The molecule has 0 radical (unpaired) electrons. The molecular formula is H3F3S2Si2. The van der Waals surface area contributed by atoms with Crippen LogP contribution >= 0.6 is 24.2 Å². The molecule has 0 amide bonds. The summed E-state index contributed by atoms with van der Waals surface area (Å²) < 4.78 is 33.7. The van der Waals surface area contributed by atoms with E-state index in [0.717, 1.165) is 0 Å². The third-order valence-corrected chi connectivity index (χ3v) is 7.90. The van der Waals surface area contributed by atoms with Crippen molar-refractivity contribution in [2.75, 3.05) is 0 Å². The summed E-state index contributed by atoms with van der Waals surface area (Å²) in [5, 5.41) is 0. The van der Waals surface area contributed by atoms with Crippen LogP contribution in [0.2, 0.25) is 0 Å². The minimum Gasteiger partial charge on any atom is -0.240 e. The quantitative estimate of drug-likeness (QED) is 0.336. The Morgan fingerprint density at radius 2 is 1.29 bits per heavy atom. The highest BCUT2D eigenvalue weighted by molar-refractivity contribution is 8.47. The monoisotopic (exact) mass is 180 g/mol. The van der Waals surface area contributed by atoms with E-state index in [0.29, 0.717) is 0 Å². The van der Waals surface area contributed by atoms with E-state index in [1.54, 1.807) is 0 Å². The van der Waals surface area contributed by atoms with Gasteiger partial charge in [0.25, 0.3) is 6.61 Å². The fourth-order valence-corrected chi connectivity index (χ4v) is 0. The number of hydrogen-bond acceptors (Lipinski definition) is 2. The molecule has 0 aliphatic carbocycles. The van der Waals surface area contributed by atoms with Gasteiger partial charge in [0.05, 0.1) is 0 Å². The zero-order valence-electron chi connectivity index (χ0n) is 3.11. The third kappa shape index (κ3) is 3.50. The molecule has 0 unspecified atom stereocenters. The second-order valence-electron chi connectivity index (χ2n) is 0.915. The van der Waals surface area contributed by atoms with E-state index in [1.165, 1.54) is 0 Å². The first kappa shape index (κ1) is 7.92. The van der Waals surface area contributed by atoms with Crippen LogP contribution in [-0.2, 0) is 0 Å². The molecule has 0 bridgehead atoms. The maximum atomic E-state index is 11.2. The summed E-state index contributed by atoms with van der Waals surface area (Å²) in [5.41, 5.74) is 0. The lowest BCUT2D eigenvalue weighted by Crippen LogP contribution is -2.29. The van der Waals surface area contributed by atoms with Gasteiger partial charge in [-0.15, -0.1) is 0 Å². The van der Waals surface area contributed by atoms with Gasteiger partial charge in [0.1, 0.15) is 0 Å². The van der Waals surface area contributed by atoms with E-state index in [1.807, 2.05) is 0 Å². The van der Waals surface area contributed by atoms with Gasteiger partial charge < -0.3 is 0 Å². The SMILES string of the molecule is F[Si](F)(F)[SiH](S)S. The molecule has 0 saturated carbocycles. The molecular weight excluding hydrogens is 177 g/mol. The average molecular weight is 180 g/mol. The van der Waals surface area contributed by atoms with Crippen LogP contribution in [0.4, 0.5) is 12.3 Å². The van der Waals surface area contributed by atoms with Gasteiger partial charge in [-0.2, -0.15) is 24.2 Å². The Morgan fingerprint density at radius 3 is 1.29 bits per heavy atom. The van der Waals surface area contributed by atoms with Crippen molar-refractivity contribution in [3.63, 3.8) is 0 Å². The Labute approximate surface area is 52.1 Å². The summed E-state index contributed by atoms with van der Waals surface area (Å²) in [7, 11) is -5.37. The first-order valence-corrected chi connectivity index (χ1v) is 8.95. The summed E-state index contributed by atoms with van der Waals surface area (Å²) in [6, 6.07) is 0. The van der Waals surface area contributed by atoms with Crippen molar-refractivity contribution in [1.82, 2.24) is 0 Å². The lowest BCUT2D eigenvalue weighted by atomic mass is 18.7. The Bertz CT molecular complexity index is 56.4. The van der Waals surface area contributed by atoms with E-state index in [2.05, 4.69) is 24.2 Å². The molecule has 0 rings (SSSR count). The highest BCUT2D eigenvalue weighted by Crippen LogP contribution is 2.16. The minimum absolute atomic E-state index is 2.83. The molecule has 0 aromatic carbocycles. The molecule has 0 heterocycles. The predicted octanol–water partition coefficient (Wildman–Crippen LogP) is 0.992. The molecule has 0 aliphatic rings. The lowest BCUT2D eigenvalue weighted by molar-refractivity contribution is 0.515. The minimum atomic E-state index is -5.37. The molecule has 44 valence electrons. The van der Waals surface area contributed by atoms with Crippen LogP contribution in [0.5, 0.6) is 0 Å². The van der Waals surface area contributed by atoms with Crippen molar-refractivity contribution in [1.29, 1.82) is 0 Å². The van der Waals surface area contributed by atoms with Crippen molar-refractivity contribution < 1.29 is 12.3 Å². The van der Waals surface area contributed by atoms with Gasteiger partial charge in [0.2, 0.25) is 0 Å². The zero-order valence-corrected chi connectivity index (χ0v) is 7.05. The topological polar surface area (TPSA) is 0 Å². The second-order valence-corrected chi connectivity index (χ2v) is 13.7. The van der Waals surface area contributed by atoms with Gasteiger partial charge >= 0.3 is 8.59 Å². The summed E-state index contributed by atoms with van der Waals surface area (Å²) >= 11 is 6.44. The van der Waals surface area contributed by atoms with E-state index < -0.39 is 15.2 Å². The zero-order chi connectivity index (χ0) is 6.08. The molecule has 0 aliphatic heterocycles. The average Bonchev–Trinajstić information content (AvgIpc) is 1.31. The van der Waals surface area contributed by atoms with Crippen LogP contribution in [0.25, 0.3) is 0 Å².